The molecular weight excluding hydrogens is 466 g/mol. The highest BCUT2D eigenvalue weighted by atomic mass is 16.4. The maximum absolute atomic E-state index is 13.6. The first-order valence-electron chi connectivity index (χ1n) is 11.7. The third-order valence-corrected chi connectivity index (χ3v) is 6.35. The second kappa shape index (κ2) is 11.0. The second-order valence-electron chi connectivity index (χ2n) is 8.76. The van der Waals surface area contributed by atoms with Gasteiger partial charge in [-0.1, -0.05) is 18.2 Å². The summed E-state index contributed by atoms with van der Waals surface area (Å²) in [5.41, 5.74) is 7.71. The number of aliphatic carboxylic acids is 1. The third kappa shape index (κ3) is 5.54. The van der Waals surface area contributed by atoms with Crippen LogP contribution in [0.5, 0.6) is 0 Å². The van der Waals surface area contributed by atoms with Crippen molar-refractivity contribution in [3.8, 4) is 0 Å². The number of hydrogen-bond acceptors (Lipinski definition) is 6. The Morgan fingerprint density at radius 2 is 1.94 bits per heavy atom. The average Bonchev–Trinajstić information content (AvgIpc) is 3.64. The van der Waals surface area contributed by atoms with Crippen LogP contribution in [0.4, 0.5) is 0 Å². The van der Waals surface area contributed by atoms with Crippen LogP contribution in [0.1, 0.15) is 24.1 Å². The number of carbonyl (C=O) groups is 4. The summed E-state index contributed by atoms with van der Waals surface area (Å²) in [5.74, 6) is -2.68. The van der Waals surface area contributed by atoms with Crippen molar-refractivity contribution in [2.75, 3.05) is 13.1 Å². The van der Waals surface area contributed by atoms with Crippen molar-refractivity contribution in [3.05, 3.63) is 54.2 Å². The van der Waals surface area contributed by atoms with Crippen LogP contribution in [0.15, 0.2) is 43.0 Å². The highest BCUT2D eigenvalue weighted by molar-refractivity contribution is 5.94. The standard InChI is InChI=1S/C24H29N7O5/c25-10-21(32)29-18(9-15-12-26-13-28-15)22(33)30-19(23(34)31-7-3-6-20(31)24(35)36)8-14-11-27-17-5-2-1-4-16(14)17/h1-2,4-5,11-13,18-20,27H,3,6-10,25H2,(H,26,28)(H,29,32)(H,30,33)(H,35,36). The van der Waals surface area contributed by atoms with Gasteiger partial charge in [0.05, 0.1) is 12.9 Å². The Morgan fingerprint density at radius 3 is 2.67 bits per heavy atom. The summed E-state index contributed by atoms with van der Waals surface area (Å²) in [4.78, 5) is 62.0. The van der Waals surface area contributed by atoms with Crippen molar-refractivity contribution < 1.29 is 24.3 Å². The predicted molar refractivity (Wildman–Crippen MR) is 130 cm³/mol. The van der Waals surface area contributed by atoms with Gasteiger partial charge in [-0.3, -0.25) is 14.4 Å². The highest BCUT2D eigenvalue weighted by Gasteiger charge is 2.38. The van der Waals surface area contributed by atoms with Gasteiger partial charge in [0.25, 0.3) is 0 Å². The number of carboxylic acid groups (broad SMARTS) is 1. The number of fused-ring (bicyclic) bond motifs is 1. The number of nitrogens with zero attached hydrogens (tertiary/aromatic N) is 2. The maximum atomic E-state index is 13.6. The van der Waals surface area contributed by atoms with Crippen molar-refractivity contribution in [1.82, 2.24) is 30.5 Å². The van der Waals surface area contributed by atoms with Gasteiger partial charge < -0.3 is 36.3 Å². The van der Waals surface area contributed by atoms with E-state index < -0.39 is 41.8 Å². The summed E-state index contributed by atoms with van der Waals surface area (Å²) in [7, 11) is 0. The van der Waals surface area contributed by atoms with Crippen molar-refractivity contribution >= 4 is 34.6 Å². The van der Waals surface area contributed by atoms with Crippen LogP contribution in [0.2, 0.25) is 0 Å². The minimum absolute atomic E-state index is 0.104. The molecule has 1 aromatic carbocycles. The fourth-order valence-corrected chi connectivity index (χ4v) is 4.56. The number of aromatic amines is 2. The zero-order valence-corrected chi connectivity index (χ0v) is 19.6. The molecule has 1 fully saturated rings. The Balaban J connectivity index is 1.61. The SMILES string of the molecule is NCC(=O)NC(Cc1cnc[nH]1)C(=O)NC(Cc1c[nH]c2ccccc12)C(=O)N1CCCC1C(=O)O. The zero-order valence-electron chi connectivity index (χ0n) is 19.6. The molecule has 2 aromatic heterocycles. The molecule has 0 spiro atoms. The fourth-order valence-electron chi connectivity index (χ4n) is 4.56. The summed E-state index contributed by atoms with van der Waals surface area (Å²) >= 11 is 0. The van der Waals surface area contributed by atoms with Gasteiger partial charge in [0, 0.05) is 48.4 Å². The number of H-pyrrole nitrogens is 2. The minimum Gasteiger partial charge on any atom is -0.480 e. The summed E-state index contributed by atoms with van der Waals surface area (Å²) in [6, 6.07) is 4.55. The van der Waals surface area contributed by atoms with Crippen molar-refractivity contribution in [3.63, 3.8) is 0 Å². The maximum Gasteiger partial charge on any atom is 0.326 e. The van der Waals surface area contributed by atoms with Crippen LogP contribution >= 0.6 is 0 Å². The lowest BCUT2D eigenvalue weighted by Gasteiger charge is -2.28. The van der Waals surface area contributed by atoms with Crippen LogP contribution < -0.4 is 16.4 Å². The Labute approximate surface area is 206 Å². The van der Waals surface area contributed by atoms with Crippen LogP contribution in [0.25, 0.3) is 10.9 Å². The van der Waals surface area contributed by atoms with Crippen LogP contribution in [0, 0.1) is 0 Å². The van der Waals surface area contributed by atoms with Crippen molar-refractivity contribution in [2.24, 2.45) is 5.73 Å². The Bertz CT molecular complexity index is 1240. The smallest absolute Gasteiger partial charge is 0.326 e. The third-order valence-electron chi connectivity index (χ3n) is 6.35. The molecule has 7 N–H and O–H groups in total. The van der Waals surface area contributed by atoms with Crippen LogP contribution in [-0.4, -0.2) is 79.9 Å². The summed E-state index contributed by atoms with van der Waals surface area (Å²) in [5, 5.41) is 15.8. The monoisotopic (exact) mass is 495 g/mol. The molecular formula is C24H29N7O5. The molecule has 1 saturated heterocycles. The quantitative estimate of drug-likeness (QED) is 0.222. The Hall–Kier alpha value is -4.19. The number of nitrogens with one attached hydrogen (secondary N) is 4. The lowest BCUT2D eigenvalue weighted by atomic mass is 10.0. The number of amides is 3. The molecule has 3 amide bonds. The molecule has 4 rings (SSSR count). The largest absolute Gasteiger partial charge is 0.480 e. The predicted octanol–water partition coefficient (Wildman–Crippen LogP) is -0.320. The van der Waals surface area contributed by atoms with Crippen molar-refractivity contribution in [1.29, 1.82) is 0 Å². The van der Waals surface area contributed by atoms with E-state index in [1.807, 2.05) is 24.3 Å². The number of hydrogen-bond donors (Lipinski definition) is 6. The van der Waals surface area contributed by atoms with Gasteiger partial charge >= 0.3 is 5.97 Å². The van der Waals surface area contributed by atoms with E-state index >= 15 is 0 Å². The number of imidazole rings is 1. The van der Waals surface area contributed by atoms with Gasteiger partial charge in [0.1, 0.15) is 18.1 Å². The molecule has 3 heterocycles. The number of para-hydroxylation sites is 1. The molecule has 0 saturated carbocycles. The van der Waals surface area contributed by atoms with E-state index in [1.165, 1.54) is 17.4 Å². The Kier molecular flexibility index (Phi) is 7.64. The number of carbonyl (C=O) groups excluding carboxylic acids is 3. The van der Waals surface area contributed by atoms with Gasteiger partial charge in [0.2, 0.25) is 17.7 Å². The molecule has 3 unspecified atom stereocenters. The number of likely N-dealkylation sites (tertiary alicyclic amines) is 1. The minimum atomic E-state index is -1.08. The fraction of sp³-hybridized carbons (Fsp3) is 0.375. The average molecular weight is 496 g/mol. The number of rotatable bonds is 10. The Morgan fingerprint density at radius 1 is 1.14 bits per heavy atom. The molecule has 190 valence electrons. The molecule has 3 atom stereocenters. The van der Waals surface area contributed by atoms with E-state index in [9.17, 15) is 24.3 Å². The number of nitrogens with two attached hydrogens (primary N) is 1. The summed E-state index contributed by atoms with van der Waals surface area (Å²) < 4.78 is 0. The molecule has 36 heavy (non-hydrogen) atoms. The summed E-state index contributed by atoms with van der Waals surface area (Å²) in [6.45, 7) is -0.0178. The second-order valence-corrected chi connectivity index (χ2v) is 8.76. The van der Waals surface area contributed by atoms with Gasteiger partial charge in [-0.25, -0.2) is 9.78 Å². The molecule has 0 aliphatic carbocycles. The first-order valence-corrected chi connectivity index (χ1v) is 11.7. The first-order chi connectivity index (χ1) is 17.4. The van der Waals surface area contributed by atoms with Crippen LogP contribution in [-0.2, 0) is 32.0 Å². The van der Waals surface area contributed by atoms with Crippen molar-refractivity contribution in [2.45, 2.75) is 43.8 Å². The number of benzene rings is 1. The first kappa shape index (κ1) is 24.9. The van der Waals surface area contributed by atoms with E-state index in [2.05, 4.69) is 25.6 Å². The van der Waals surface area contributed by atoms with Gasteiger partial charge in [0.15, 0.2) is 0 Å². The lowest BCUT2D eigenvalue weighted by Crippen LogP contribution is -2.57. The molecule has 12 heteroatoms. The molecule has 12 nitrogen and oxygen atoms in total. The molecule has 1 aliphatic rings. The normalized spacial score (nSPS) is 17.0. The van der Waals surface area contributed by atoms with Crippen LogP contribution in [0.3, 0.4) is 0 Å². The number of carboxylic acids is 1. The van der Waals surface area contributed by atoms with Gasteiger partial charge in [-0.2, -0.15) is 0 Å². The van der Waals surface area contributed by atoms with E-state index in [0.717, 1.165) is 16.5 Å². The van der Waals surface area contributed by atoms with E-state index in [-0.39, 0.29) is 25.9 Å². The van der Waals surface area contributed by atoms with E-state index in [1.54, 1.807) is 6.20 Å². The summed E-state index contributed by atoms with van der Waals surface area (Å²) in [6.07, 6.45) is 5.92. The molecule has 0 radical (unpaired) electrons. The van der Waals surface area contributed by atoms with Gasteiger partial charge in [-0.05, 0) is 24.5 Å². The molecule has 1 aliphatic heterocycles. The highest BCUT2D eigenvalue weighted by Crippen LogP contribution is 2.23. The lowest BCUT2D eigenvalue weighted by molar-refractivity contribution is -0.149. The van der Waals surface area contributed by atoms with Gasteiger partial charge in [-0.15, -0.1) is 0 Å². The van der Waals surface area contributed by atoms with E-state index in [0.29, 0.717) is 18.5 Å². The molecule has 3 aromatic rings. The van der Waals surface area contributed by atoms with E-state index in [4.69, 9.17) is 5.73 Å². The zero-order chi connectivity index (χ0) is 25.7. The molecule has 0 bridgehead atoms. The number of aromatic nitrogens is 3. The topological polar surface area (TPSA) is 186 Å².